The van der Waals surface area contributed by atoms with E-state index in [9.17, 15) is 9.59 Å². The van der Waals surface area contributed by atoms with E-state index in [1.165, 1.54) is 0 Å². The van der Waals surface area contributed by atoms with Gasteiger partial charge in [0, 0.05) is 44.5 Å². The molecule has 6 nitrogen and oxygen atoms in total. The smallest absolute Gasteiger partial charge is 0.244 e. The number of piperazine rings is 1. The minimum absolute atomic E-state index is 0.0219. The molecule has 1 aromatic rings. The van der Waals surface area contributed by atoms with Crippen molar-refractivity contribution in [2.45, 2.75) is 37.8 Å². The van der Waals surface area contributed by atoms with Crippen molar-refractivity contribution >= 4 is 17.5 Å². The van der Waals surface area contributed by atoms with E-state index in [1.54, 1.807) is 0 Å². The van der Waals surface area contributed by atoms with Gasteiger partial charge in [-0.25, -0.2) is 0 Å². The van der Waals surface area contributed by atoms with Crippen LogP contribution in [-0.4, -0.2) is 73.0 Å². The van der Waals surface area contributed by atoms with Gasteiger partial charge in [0.05, 0.1) is 12.6 Å². The minimum atomic E-state index is -0.0219. The molecule has 0 aromatic heterocycles. The second kappa shape index (κ2) is 7.76. The summed E-state index contributed by atoms with van der Waals surface area (Å²) in [6.45, 7) is 4.71. The van der Waals surface area contributed by atoms with Gasteiger partial charge in [-0.1, -0.05) is 18.2 Å². The summed E-state index contributed by atoms with van der Waals surface area (Å²) >= 11 is 0. The van der Waals surface area contributed by atoms with Crippen molar-refractivity contribution in [1.29, 1.82) is 0 Å². The third kappa shape index (κ3) is 4.07. The Balaban J connectivity index is 1.30. The van der Waals surface area contributed by atoms with Gasteiger partial charge in [0.1, 0.15) is 0 Å². The first-order chi connectivity index (χ1) is 12.7. The van der Waals surface area contributed by atoms with Crippen LogP contribution in [-0.2, 0) is 9.59 Å². The Morgan fingerprint density at radius 1 is 1.00 bits per heavy atom. The van der Waals surface area contributed by atoms with E-state index in [2.05, 4.69) is 15.1 Å². The molecule has 26 heavy (non-hydrogen) atoms. The van der Waals surface area contributed by atoms with Gasteiger partial charge in [0.2, 0.25) is 11.8 Å². The third-order valence-corrected chi connectivity index (χ3v) is 5.64. The summed E-state index contributed by atoms with van der Waals surface area (Å²) < 4.78 is 0. The maximum absolute atomic E-state index is 13.0. The fourth-order valence-corrected chi connectivity index (χ4v) is 4.00. The largest absolute Gasteiger partial charge is 0.352 e. The fourth-order valence-electron chi connectivity index (χ4n) is 4.00. The first-order valence-electron chi connectivity index (χ1n) is 9.83. The molecule has 1 N–H and O–H groups in total. The second-order valence-corrected chi connectivity index (χ2v) is 7.64. The van der Waals surface area contributed by atoms with Gasteiger partial charge < -0.3 is 10.2 Å². The Bertz CT molecular complexity index is 638. The Labute approximate surface area is 155 Å². The van der Waals surface area contributed by atoms with Crippen LogP contribution in [0.2, 0.25) is 0 Å². The maximum atomic E-state index is 13.0. The molecule has 140 valence electrons. The van der Waals surface area contributed by atoms with E-state index in [4.69, 9.17) is 0 Å². The molecule has 1 aromatic carbocycles. The number of benzene rings is 1. The predicted molar refractivity (Wildman–Crippen MR) is 101 cm³/mol. The maximum Gasteiger partial charge on any atom is 0.244 e. The zero-order valence-corrected chi connectivity index (χ0v) is 15.3. The molecule has 1 atom stereocenters. The molecule has 1 saturated carbocycles. The Kier molecular flexibility index (Phi) is 5.22. The number of rotatable bonds is 5. The van der Waals surface area contributed by atoms with Crippen LogP contribution in [0.5, 0.6) is 0 Å². The molecular formula is C20H28N4O2. The molecule has 4 rings (SSSR count). The summed E-state index contributed by atoms with van der Waals surface area (Å²) in [5.74, 6) is 0.368. The van der Waals surface area contributed by atoms with Crippen LogP contribution in [0.1, 0.15) is 25.7 Å². The number of carbonyl (C=O) groups is 2. The molecule has 0 bridgehead atoms. The third-order valence-electron chi connectivity index (χ3n) is 5.64. The fraction of sp³-hybridized carbons (Fsp3) is 0.600. The van der Waals surface area contributed by atoms with Crippen molar-refractivity contribution in [3.05, 3.63) is 30.3 Å². The first kappa shape index (κ1) is 17.5. The minimum Gasteiger partial charge on any atom is -0.352 e. The van der Waals surface area contributed by atoms with Crippen LogP contribution in [0.3, 0.4) is 0 Å². The topological polar surface area (TPSA) is 55.9 Å². The molecule has 1 aliphatic carbocycles. The number of piperidine rings is 1. The highest BCUT2D eigenvalue weighted by molar-refractivity contribution is 5.97. The molecule has 3 fully saturated rings. The zero-order valence-electron chi connectivity index (χ0n) is 15.3. The van der Waals surface area contributed by atoms with E-state index >= 15 is 0 Å². The summed E-state index contributed by atoms with van der Waals surface area (Å²) in [6.07, 6.45) is 4.22. The Morgan fingerprint density at radius 2 is 1.73 bits per heavy atom. The van der Waals surface area contributed by atoms with E-state index in [1.807, 2.05) is 35.2 Å². The average molecular weight is 356 g/mol. The molecule has 2 aliphatic heterocycles. The van der Waals surface area contributed by atoms with Gasteiger partial charge in [-0.2, -0.15) is 0 Å². The van der Waals surface area contributed by atoms with Crippen molar-refractivity contribution in [2.24, 2.45) is 0 Å². The van der Waals surface area contributed by atoms with E-state index in [0.717, 1.165) is 64.1 Å². The molecule has 2 amide bonds. The number of nitrogens with one attached hydrogen (secondary N) is 1. The summed E-state index contributed by atoms with van der Waals surface area (Å²) in [4.78, 5) is 31.4. The van der Waals surface area contributed by atoms with E-state index in [-0.39, 0.29) is 17.9 Å². The van der Waals surface area contributed by atoms with E-state index in [0.29, 0.717) is 12.6 Å². The van der Waals surface area contributed by atoms with Crippen LogP contribution >= 0.6 is 0 Å². The van der Waals surface area contributed by atoms with Gasteiger partial charge >= 0.3 is 0 Å². The van der Waals surface area contributed by atoms with E-state index < -0.39 is 0 Å². The molecule has 2 heterocycles. The van der Waals surface area contributed by atoms with Crippen LogP contribution in [0.15, 0.2) is 30.3 Å². The van der Waals surface area contributed by atoms with Crippen LogP contribution in [0.4, 0.5) is 5.69 Å². The predicted octanol–water partition coefficient (Wildman–Crippen LogP) is 1.08. The lowest BCUT2D eigenvalue weighted by molar-refractivity contribution is -0.127. The van der Waals surface area contributed by atoms with Gasteiger partial charge in [0.25, 0.3) is 0 Å². The van der Waals surface area contributed by atoms with Gasteiger partial charge in [-0.15, -0.1) is 0 Å². The number of amides is 2. The van der Waals surface area contributed by atoms with Crippen LogP contribution < -0.4 is 10.2 Å². The van der Waals surface area contributed by atoms with Crippen LogP contribution in [0.25, 0.3) is 0 Å². The van der Waals surface area contributed by atoms with Crippen molar-refractivity contribution in [2.75, 3.05) is 44.2 Å². The lowest BCUT2D eigenvalue weighted by atomic mass is 10.0. The normalized spacial score (nSPS) is 25.3. The summed E-state index contributed by atoms with van der Waals surface area (Å²) in [5.41, 5.74) is 0.998. The number of nitrogens with zero attached hydrogens (tertiary/aromatic N) is 3. The Morgan fingerprint density at radius 3 is 2.42 bits per heavy atom. The average Bonchev–Trinajstić information content (AvgIpc) is 3.47. The quantitative estimate of drug-likeness (QED) is 0.858. The molecule has 0 unspecified atom stereocenters. The standard InChI is InChI=1S/C20H28N4O2/c25-19(21-16-8-9-16)15-22-11-13-23(14-12-22)18-7-4-10-24(20(18)26)17-5-2-1-3-6-17/h1-3,5-6,16,18H,4,7-15H2,(H,21,25)/t18-/m0/s1. The lowest BCUT2D eigenvalue weighted by Gasteiger charge is -2.42. The van der Waals surface area contributed by atoms with Crippen molar-refractivity contribution in [1.82, 2.24) is 15.1 Å². The number of hydrogen-bond donors (Lipinski definition) is 1. The summed E-state index contributed by atoms with van der Waals surface area (Å²) in [6, 6.07) is 10.4. The molecule has 3 aliphatic rings. The highest BCUT2D eigenvalue weighted by atomic mass is 16.2. The summed E-state index contributed by atoms with van der Waals surface area (Å²) in [5, 5.41) is 3.05. The van der Waals surface area contributed by atoms with Crippen molar-refractivity contribution in [3.63, 3.8) is 0 Å². The highest BCUT2D eigenvalue weighted by Crippen LogP contribution is 2.24. The number of anilines is 1. The monoisotopic (exact) mass is 356 g/mol. The molecule has 0 spiro atoms. The van der Waals surface area contributed by atoms with Crippen molar-refractivity contribution < 1.29 is 9.59 Å². The summed E-state index contributed by atoms with van der Waals surface area (Å²) in [7, 11) is 0. The highest BCUT2D eigenvalue weighted by Gasteiger charge is 2.35. The molecule has 0 radical (unpaired) electrons. The lowest BCUT2D eigenvalue weighted by Crippen LogP contribution is -2.58. The SMILES string of the molecule is O=C(CN1CCN([C@H]2CCCN(c3ccccc3)C2=O)CC1)NC1CC1. The van der Waals surface area contributed by atoms with Crippen molar-refractivity contribution in [3.8, 4) is 0 Å². The van der Waals surface area contributed by atoms with Gasteiger partial charge in [-0.05, 0) is 37.8 Å². The van der Waals surface area contributed by atoms with Gasteiger partial charge in [-0.3, -0.25) is 19.4 Å². The number of hydrogen-bond acceptors (Lipinski definition) is 4. The van der Waals surface area contributed by atoms with Gasteiger partial charge in [0.15, 0.2) is 0 Å². The molecule has 2 saturated heterocycles. The zero-order chi connectivity index (χ0) is 17.9. The molecular weight excluding hydrogens is 328 g/mol. The first-order valence-corrected chi connectivity index (χ1v) is 9.83. The second-order valence-electron chi connectivity index (χ2n) is 7.64. The molecule has 6 heteroatoms. The number of carbonyl (C=O) groups excluding carboxylic acids is 2. The number of para-hydroxylation sites is 1. The van der Waals surface area contributed by atoms with Crippen LogP contribution in [0, 0.1) is 0 Å². The Hall–Kier alpha value is -1.92.